The third kappa shape index (κ3) is 1.95. The van der Waals surface area contributed by atoms with E-state index in [9.17, 15) is 25.0 Å². The molecule has 2 N–H and O–H groups in total. The molecule has 8 heteroatoms. The van der Waals surface area contributed by atoms with Crippen LogP contribution < -0.4 is 5.73 Å². The van der Waals surface area contributed by atoms with Crippen LogP contribution >= 0.6 is 0 Å². The molecule has 0 heterocycles. The first-order valence-corrected chi connectivity index (χ1v) is 4.08. The van der Waals surface area contributed by atoms with Gasteiger partial charge in [0.15, 0.2) is 0 Å². The Bertz CT molecular complexity index is 461. The van der Waals surface area contributed by atoms with Crippen molar-refractivity contribution in [2.24, 2.45) is 5.73 Å². The monoisotopic (exact) mass is 226 g/mol. The average Bonchev–Trinajstić information content (AvgIpc) is 2.16. The van der Waals surface area contributed by atoms with Crippen molar-refractivity contribution in [2.75, 3.05) is 0 Å². The van der Waals surface area contributed by atoms with Crippen molar-refractivity contribution in [1.29, 1.82) is 0 Å². The molecule has 0 aliphatic rings. The Labute approximate surface area is 89.0 Å². The van der Waals surface area contributed by atoms with E-state index in [1.165, 1.54) is 6.92 Å². The third-order valence-corrected chi connectivity index (χ3v) is 2.04. The Morgan fingerprint density at radius 1 is 1.25 bits per heavy atom. The highest BCUT2D eigenvalue weighted by Gasteiger charge is 2.23. The Balaban J connectivity index is 3.57. The number of carbonyl (C=O) groups is 1. The predicted molar refractivity (Wildman–Crippen MR) is 53.0 cm³/mol. The van der Waals surface area contributed by atoms with Gasteiger partial charge in [0, 0.05) is 11.6 Å². The summed E-state index contributed by atoms with van der Waals surface area (Å²) in [5.41, 5.74) is 3.73. The fourth-order valence-corrected chi connectivity index (χ4v) is 1.24. The van der Waals surface area contributed by atoms with E-state index >= 15 is 0 Å². The van der Waals surface area contributed by atoms with Gasteiger partial charge < -0.3 is 5.73 Å². The van der Waals surface area contributed by atoms with Crippen molar-refractivity contribution in [1.82, 2.24) is 0 Å². The molecule has 0 atom stereocenters. The molecule has 1 rings (SSSR count). The van der Waals surface area contributed by atoms with E-state index < -0.39 is 27.1 Å². The summed E-state index contributed by atoms with van der Waals surface area (Å²) in [4.78, 5) is 30.4. The normalized spacial score (nSPS) is 9.81. The second-order valence-corrected chi connectivity index (χ2v) is 3.02. The third-order valence-electron chi connectivity index (χ3n) is 2.04. The summed E-state index contributed by atoms with van der Waals surface area (Å²) in [7, 11) is 0. The molecule has 0 aliphatic carbocycles. The molecular weight excluding hydrogens is 219 g/mol. The van der Waals surface area contributed by atoms with Gasteiger partial charge in [-0.25, -0.2) is 0 Å². The number of nitro groups is 2. The maximum Gasteiger partial charge on any atom is 0.279 e. The van der Waals surface area contributed by atoms with E-state index in [2.05, 4.69) is 0 Å². The van der Waals surface area contributed by atoms with E-state index in [4.69, 9.17) is 5.73 Å². The number of nitrogens with zero attached hydrogens (tertiary/aromatic N) is 2. The number of nitrogens with two attached hydrogens (primary N) is 1. The lowest BCUT2D eigenvalue weighted by Gasteiger charge is -2.02. The number of nitro benzene ring substituents is 2. The maximum absolute atomic E-state index is 10.9. The molecule has 8 nitrogen and oxygen atoms in total. The molecular formula is C8H7N3O5. The Morgan fingerprint density at radius 3 is 2.19 bits per heavy atom. The lowest BCUT2D eigenvalue weighted by molar-refractivity contribution is -0.394. The fraction of sp³-hybridized carbons (Fsp3) is 0.125. The van der Waals surface area contributed by atoms with Crippen molar-refractivity contribution < 1.29 is 14.6 Å². The number of rotatable bonds is 3. The number of primary amides is 1. The molecule has 16 heavy (non-hydrogen) atoms. The van der Waals surface area contributed by atoms with Crippen molar-refractivity contribution in [2.45, 2.75) is 6.92 Å². The quantitative estimate of drug-likeness (QED) is 0.465. The molecule has 0 saturated heterocycles. The van der Waals surface area contributed by atoms with E-state index in [0.29, 0.717) is 0 Å². The van der Waals surface area contributed by atoms with Gasteiger partial charge in [0.25, 0.3) is 11.4 Å². The minimum atomic E-state index is -0.940. The highest BCUT2D eigenvalue weighted by Crippen LogP contribution is 2.27. The summed E-state index contributed by atoms with van der Waals surface area (Å²) in [6, 6.07) is 1.71. The minimum absolute atomic E-state index is 0.0168. The molecule has 1 amide bonds. The van der Waals surface area contributed by atoms with Crippen LogP contribution in [0.1, 0.15) is 15.9 Å². The summed E-state index contributed by atoms with van der Waals surface area (Å²) in [6.07, 6.45) is 0. The van der Waals surface area contributed by atoms with Gasteiger partial charge in [-0.05, 0) is 6.92 Å². The Kier molecular flexibility index (Phi) is 2.84. The van der Waals surface area contributed by atoms with Gasteiger partial charge in [-0.2, -0.15) is 0 Å². The number of amides is 1. The zero-order valence-electron chi connectivity index (χ0n) is 8.17. The lowest BCUT2D eigenvalue weighted by Crippen LogP contribution is -2.14. The number of hydrogen-bond acceptors (Lipinski definition) is 5. The fourth-order valence-electron chi connectivity index (χ4n) is 1.24. The molecule has 0 unspecified atom stereocenters. The molecule has 1 aromatic carbocycles. The van der Waals surface area contributed by atoms with Gasteiger partial charge in [-0.15, -0.1) is 0 Å². The second kappa shape index (κ2) is 3.93. The lowest BCUT2D eigenvalue weighted by atomic mass is 10.1. The van der Waals surface area contributed by atoms with Crippen LogP contribution in [0.3, 0.4) is 0 Å². The van der Waals surface area contributed by atoms with Gasteiger partial charge in [-0.1, -0.05) is 0 Å². The van der Waals surface area contributed by atoms with Gasteiger partial charge in [0.1, 0.15) is 0 Å². The summed E-state index contributed by atoms with van der Waals surface area (Å²) in [5, 5.41) is 21.1. The smallest absolute Gasteiger partial charge is 0.279 e. The van der Waals surface area contributed by atoms with Crippen molar-refractivity contribution in [3.05, 3.63) is 43.5 Å². The standard InChI is InChI=1S/C8H7N3O5/c1-4-6(8(9)12)2-5(10(13)14)3-7(4)11(15)16/h2-3H,1H3,(H2,9,12)/i9+1. The van der Waals surface area contributed by atoms with Crippen molar-refractivity contribution >= 4 is 17.3 Å². The van der Waals surface area contributed by atoms with Gasteiger partial charge >= 0.3 is 0 Å². The van der Waals surface area contributed by atoms with E-state index in [-0.39, 0.29) is 11.1 Å². The first-order valence-electron chi connectivity index (χ1n) is 4.08. The molecule has 0 radical (unpaired) electrons. The summed E-state index contributed by atoms with van der Waals surface area (Å²) >= 11 is 0. The van der Waals surface area contributed by atoms with Crippen molar-refractivity contribution in [3.63, 3.8) is 0 Å². The van der Waals surface area contributed by atoms with Crippen LogP contribution in [0, 0.1) is 27.2 Å². The van der Waals surface area contributed by atoms with Crippen LogP contribution in [-0.2, 0) is 0 Å². The molecule has 0 fully saturated rings. The first kappa shape index (κ1) is 11.6. The van der Waals surface area contributed by atoms with Crippen LogP contribution in [0.25, 0.3) is 0 Å². The summed E-state index contributed by atoms with van der Waals surface area (Å²) in [5.74, 6) is -0.940. The molecule has 1 aromatic rings. The Morgan fingerprint density at radius 2 is 1.81 bits per heavy atom. The van der Waals surface area contributed by atoms with Crippen LogP contribution in [0.5, 0.6) is 0 Å². The number of benzene rings is 1. The van der Waals surface area contributed by atoms with E-state index in [1.54, 1.807) is 0 Å². The number of hydrogen-bond donors (Lipinski definition) is 1. The molecule has 0 bridgehead atoms. The topological polar surface area (TPSA) is 129 Å². The number of non-ortho nitro benzene ring substituents is 1. The average molecular weight is 226 g/mol. The number of carbonyl (C=O) groups excluding carboxylic acids is 1. The van der Waals surface area contributed by atoms with Crippen molar-refractivity contribution in [3.8, 4) is 0 Å². The molecule has 84 valence electrons. The summed E-state index contributed by atoms with van der Waals surface area (Å²) < 4.78 is 0. The van der Waals surface area contributed by atoms with Crippen LogP contribution in [-0.4, -0.2) is 15.8 Å². The Hall–Kier alpha value is -2.51. The molecule has 0 aromatic heterocycles. The minimum Gasteiger partial charge on any atom is -0.366 e. The van der Waals surface area contributed by atoms with E-state index in [0.717, 1.165) is 12.1 Å². The van der Waals surface area contributed by atoms with Gasteiger partial charge in [0.2, 0.25) is 5.91 Å². The molecule has 0 saturated carbocycles. The largest absolute Gasteiger partial charge is 0.366 e. The SMILES string of the molecule is Cc1c(C([15NH2])=O)cc([N+](=O)[O-])cc1[N+](=O)[O-]. The highest BCUT2D eigenvalue weighted by molar-refractivity contribution is 5.96. The predicted octanol–water partition coefficient (Wildman–Crippen LogP) is 0.910. The molecule has 0 aliphatic heterocycles. The van der Waals surface area contributed by atoms with E-state index in [1.807, 2.05) is 0 Å². The van der Waals surface area contributed by atoms with Crippen LogP contribution in [0.15, 0.2) is 12.1 Å². The van der Waals surface area contributed by atoms with Gasteiger partial charge in [-0.3, -0.25) is 25.0 Å². The second-order valence-electron chi connectivity index (χ2n) is 3.02. The first-order chi connectivity index (χ1) is 7.34. The van der Waals surface area contributed by atoms with Crippen LogP contribution in [0.2, 0.25) is 0 Å². The maximum atomic E-state index is 10.9. The van der Waals surface area contributed by atoms with Crippen LogP contribution in [0.4, 0.5) is 11.4 Å². The summed E-state index contributed by atoms with van der Waals surface area (Å²) in [6.45, 7) is 1.31. The highest BCUT2D eigenvalue weighted by atomic mass is 16.6. The zero-order valence-corrected chi connectivity index (χ0v) is 8.17. The molecule has 0 spiro atoms. The van der Waals surface area contributed by atoms with Gasteiger partial charge in [0.05, 0.1) is 21.5 Å². The zero-order chi connectivity index (χ0) is 12.5.